The lowest BCUT2D eigenvalue weighted by molar-refractivity contribution is 0.00682. The van der Waals surface area contributed by atoms with Crippen LogP contribution >= 0.6 is 0 Å². The molecule has 0 spiro atoms. The van der Waals surface area contributed by atoms with Gasteiger partial charge in [-0.05, 0) is 26.9 Å². The van der Waals surface area contributed by atoms with Crippen molar-refractivity contribution in [3.05, 3.63) is 0 Å². The Hall–Kier alpha value is -0.160. The monoisotopic (exact) mass is 202 g/mol. The molecule has 0 amide bonds. The third-order valence-corrected chi connectivity index (χ3v) is 2.93. The Kier molecular flexibility index (Phi) is 4.31. The molecule has 2 unspecified atom stereocenters. The van der Waals surface area contributed by atoms with Crippen molar-refractivity contribution in [2.45, 2.75) is 25.0 Å². The topological polar surface area (TPSA) is 44.7 Å². The van der Waals surface area contributed by atoms with E-state index in [0.29, 0.717) is 25.7 Å². The van der Waals surface area contributed by atoms with Crippen LogP contribution in [-0.4, -0.2) is 62.0 Å². The van der Waals surface area contributed by atoms with Gasteiger partial charge in [-0.1, -0.05) is 0 Å². The summed E-state index contributed by atoms with van der Waals surface area (Å²) in [6.45, 7) is 5.15. The number of nitrogens with one attached hydrogen (secondary N) is 1. The minimum Gasteiger partial charge on any atom is -0.387 e. The largest absolute Gasteiger partial charge is 0.387 e. The van der Waals surface area contributed by atoms with Gasteiger partial charge in [0.2, 0.25) is 0 Å². The predicted molar refractivity (Wildman–Crippen MR) is 56.4 cm³/mol. The van der Waals surface area contributed by atoms with Crippen molar-refractivity contribution >= 4 is 0 Å². The van der Waals surface area contributed by atoms with Crippen LogP contribution in [0.2, 0.25) is 0 Å². The zero-order valence-electron chi connectivity index (χ0n) is 9.42. The van der Waals surface area contributed by atoms with E-state index in [9.17, 15) is 5.11 Å². The van der Waals surface area contributed by atoms with Gasteiger partial charge >= 0.3 is 0 Å². The Morgan fingerprint density at radius 2 is 2.36 bits per heavy atom. The molecule has 0 aromatic heterocycles. The first-order chi connectivity index (χ1) is 6.57. The predicted octanol–water partition coefficient (Wildman–Crippen LogP) is -0.322. The van der Waals surface area contributed by atoms with E-state index in [1.54, 1.807) is 7.11 Å². The fourth-order valence-electron chi connectivity index (χ4n) is 1.85. The first-order valence-electron chi connectivity index (χ1n) is 5.20. The van der Waals surface area contributed by atoms with E-state index in [-0.39, 0.29) is 0 Å². The fourth-order valence-corrected chi connectivity index (χ4v) is 1.85. The van der Waals surface area contributed by atoms with E-state index in [1.165, 1.54) is 0 Å². The van der Waals surface area contributed by atoms with Crippen LogP contribution in [0.3, 0.4) is 0 Å². The minimum atomic E-state index is -0.545. The first-order valence-corrected chi connectivity index (χ1v) is 5.20. The molecular weight excluding hydrogens is 180 g/mol. The van der Waals surface area contributed by atoms with Gasteiger partial charge in [-0.15, -0.1) is 0 Å². The van der Waals surface area contributed by atoms with E-state index < -0.39 is 5.60 Å². The number of likely N-dealkylation sites (N-methyl/N-ethyl adjacent to an activating group) is 1. The molecule has 0 aromatic carbocycles. The van der Waals surface area contributed by atoms with Gasteiger partial charge in [0.05, 0.1) is 12.2 Å². The van der Waals surface area contributed by atoms with Gasteiger partial charge in [0, 0.05) is 26.2 Å². The van der Waals surface area contributed by atoms with E-state index >= 15 is 0 Å². The lowest BCUT2D eigenvalue weighted by Crippen LogP contribution is -2.47. The zero-order valence-corrected chi connectivity index (χ0v) is 9.42. The van der Waals surface area contributed by atoms with E-state index in [1.807, 2.05) is 7.05 Å². The Morgan fingerprint density at radius 3 is 2.86 bits per heavy atom. The molecule has 4 nitrogen and oxygen atoms in total. The van der Waals surface area contributed by atoms with Crippen LogP contribution in [0.1, 0.15) is 13.3 Å². The SMILES string of the molecule is COCC(C)N(C)CC1(O)CCNC1. The molecule has 1 aliphatic rings. The van der Waals surface area contributed by atoms with Gasteiger partial charge in [-0.2, -0.15) is 0 Å². The van der Waals surface area contributed by atoms with Crippen molar-refractivity contribution in [1.82, 2.24) is 10.2 Å². The molecule has 1 fully saturated rings. The van der Waals surface area contributed by atoms with Crippen LogP contribution in [0.4, 0.5) is 0 Å². The molecule has 1 heterocycles. The smallest absolute Gasteiger partial charge is 0.0909 e. The quantitative estimate of drug-likeness (QED) is 0.641. The highest BCUT2D eigenvalue weighted by Gasteiger charge is 2.32. The summed E-state index contributed by atoms with van der Waals surface area (Å²) in [6.07, 6.45) is 0.844. The Balaban J connectivity index is 2.34. The van der Waals surface area contributed by atoms with Crippen molar-refractivity contribution in [1.29, 1.82) is 0 Å². The molecule has 84 valence electrons. The molecule has 1 rings (SSSR count). The van der Waals surface area contributed by atoms with Crippen LogP contribution in [-0.2, 0) is 4.74 Å². The highest BCUT2D eigenvalue weighted by Crippen LogP contribution is 2.16. The third kappa shape index (κ3) is 3.20. The molecule has 1 aliphatic heterocycles. The van der Waals surface area contributed by atoms with Crippen LogP contribution < -0.4 is 5.32 Å². The number of β-amino-alcohol motifs (C(OH)–C–C–N with tert-alkyl or cyclic N) is 1. The molecule has 2 N–H and O–H groups in total. The van der Waals surface area contributed by atoms with E-state index in [4.69, 9.17) is 4.74 Å². The summed E-state index contributed by atoms with van der Waals surface area (Å²) in [7, 11) is 3.73. The highest BCUT2D eigenvalue weighted by atomic mass is 16.5. The van der Waals surface area contributed by atoms with Crippen molar-refractivity contribution in [2.24, 2.45) is 0 Å². The second kappa shape index (κ2) is 5.07. The molecule has 14 heavy (non-hydrogen) atoms. The summed E-state index contributed by atoms with van der Waals surface area (Å²) >= 11 is 0. The lowest BCUT2D eigenvalue weighted by atomic mass is 10.0. The number of hydrogen-bond donors (Lipinski definition) is 2. The van der Waals surface area contributed by atoms with Gasteiger partial charge in [0.15, 0.2) is 0 Å². The van der Waals surface area contributed by atoms with Crippen LogP contribution in [0.5, 0.6) is 0 Å². The van der Waals surface area contributed by atoms with E-state index in [0.717, 1.165) is 13.0 Å². The van der Waals surface area contributed by atoms with Gasteiger partial charge in [-0.3, -0.25) is 4.90 Å². The number of rotatable bonds is 5. The normalized spacial score (nSPS) is 29.8. The second-order valence-electron chi connectivity index (χ2n) is 4.37. The Bertz CT molecular complexity index is 170. The molecule has 0 bridgehead atoms. The summed E-state index contributed by atoms with van der Waals surface area (Å²) in [5.41, 5.74) is -0.545. The molecule has 2 atom stereocenters. The second-order valence-corrected chi connectivity index (χ2v) is 4.37. The molecule has 0 radical (unpaired) electrons. The molecule has 0 saturated carbocycles. The van der Waals surface area contributed by atoms with Gasteiger partial charge in [0.1, 0.15) is 0 Å². The summed E-state index contributed by atoms with van der Waals surface area (Å²) in [4.78, 5) is 2.15. The van der Waals surface area contributed by atoms with Crippen molar-refractivity contribution in [3.8, 4) is 0 Å². The molecule has 0 aliphatic carbocycles. The minimum absolute atomic E-state index is 0.352. The molecule has 0 aromatic rings. The fraction of sp³-hybridized carbons (Fsp3) is 1.00. The van der Waals surface area contributed by atoms with Crippen LogP contribution in [0.15, 0.2) is 0 Å². The van der Waals surface area contributed by atoms with Gasteiger partial charge in [-0.25, -0.2) is 0 Å². The number of hydrogen-bond acceptors (Lipinski definition) is 4. The number of methoxy groups -OCH3 is 1. The Morgan fingerprint density at radius 1 is 1.64 bits per heavy atom. The van der Waals surface area contributed by atoms with Crippen LogP contribution in [0.25, 0.3) is 0 Å². The zero-order chi connectivity index (χ0) is 10.6. The average Bonchev–Trinajstić information content (AvgIpc) is 2.52. The maximum Gasteiger partial charge on any atom is 0.0909 e. The standard InChI is InChI=1S/C10H22N2O2/c1-9(6-14-3)12(2)8-10(13)4-5-11-7-10/h9,11,13H,4-8H2,1-3H3. The number of aliphatic hydroxyl groups is 1. The Labute approximate surface area is 86.2 Å². The number of ether oxygens (including phenoxy) is 1. The average molecular weight is 202 g/mol. The summed E-state index contributed by atoms with van der Waals surface area (Å²) < 4.78 is 5.08. The van der Waals surface area contributed by atoms with Crippen molar-refractivity contribution < 1.29 is 9.84 Å². The van der Waals surface area contributed by atoms with Gasteiger partial charge in [0.25, 0.3) is 0 Å². The first kappa shape index (κ1) is 11.9. The van der Waals surface area contributed by atoms with Gasteiger partial charge < -0.3 is 15.2 Å². The van der Waals surface area contributed by atoms with E-state index in [2.05, 4.69) is 17.1 Å². The lowest BCUT2D eigenvalue weighted by Gasteiger charge is -2.31. The number of nitrogens with zero attached hydrogens (tertiary/aromatic N) is 1. The molecule has 1 saturated heterocycles. The maximum absolute atomic E-state index is 10.1. The summed E-state index contributed by atoms with van der Waals surface area (Å²) in [5.74, 6) is 0. The summed E-state index contributed by atoms with van der Waals surface area (Å²) in [5, 5.41) is 13.3. The van der Waals surface area contributed by atoms with Crippen LogP contribution in [0, 0.1) is 0 Å². The van der Waals surface area contributed by atoms with Crippen molar-refractivity contribution in [3.63, 3.8) is 0 Å². The summed E-state index contributed by atoms with van der Waals surface area (Å²) in [6, 6.07) is 0.352. The van der Waals surface area contributed by atoms with Crippen molar-refractivity contribution in [2.75, 3.05) is 40.4 Å². The molecular formula is C10H22N2O2. The highest BCUT2D eigenvalue weighted by molar-refractivity contribution is 4.90. The molecule has 4 heteroatoms. The third-order valence-electron chi connectivity index (χ3n) is 2.93. The maximum atomic E-state index is 10.1.